The highest BCUT2D eigenvalue weighted by Crippen LogP contribution is 2.09. The van der Waals surface area contributed by atoms with Gasteiger partial charge in [0.15, 0.2) is 0 Å². The van der Waals surface area contributed by atoms with E-state index in [1.807, 2.05) is 10.6 Å². The second-order valence-corrected chi connectivity index (χ2v) is 14.7. The summed E-state index contributed by atoms with van der Waals surface area (Å²) in [5, 5.41) is 81.6. The maximum atomic E-state index is 13.6. The van der Waals surface area contributed by atoms with Crippen molar-refractivity contribution >= 4 is 71.1 Å². The molecule has 0 aliphatic carbocycles. The van der Waals surface area contributed by atoms with Crippen molar-refractivity contribution < 1.29 is 93.3 Å². The first-order chi connectivity index (χ1) is 29.0. The Bertz CT molecular complexity index is 1710. The van der Waals surface area contributed by atoms with E-state index < -0.39 is 182 Å². The monoisotopic (exact) mass is 907 g/mol. The second-order valence-electron chi connectivity index (χ2n) is 14.7. The first-order valence-electron chi connectivity index (χ1n) is 19.1. The van der Waals surface area contributed by atoms with Gasteiger partial charge in [0.2, 0.25) is 47.3 Å². The third-order valence-electron chi connectivity index (χ3n) is 8.79. The largest absolute Gasteiger partial charge is 0.481 e. The van der Waals surface area contributed by atoms with Crippen LogP contribution in [0.15, 0.2) is 0 Å². The average molecular weight is 908 g/mol. The average Bonchev–Trinajstić information content (AvgIpc) is 3.15. The molecule has 0 spiro atoms. The molecule has 0 aromatic carbocycles. The van der Waals surface area contributed by atoms with Gasteiger partial charge in [-0.15, -0.1) is 0 Å². The van der Waals surface area contributed by atoms with E-state index in [0.29, 0.717) is 0 Å². The zero-order valence-electron chi connectivity index (χ0n) is 34.9. The lowest BCUT2D eigenvalue weighted by Crippen LogP contribution is -2.63. The molecule has 0 fully saturated rings. The maximum absolute atomic E-state index is 13.6. The molecule has 0 bridgehead atoms. The van der Waals surface area contributed by atoms with E-state index in [2.05, 4.69) is 26.6 Å². The lowest BCUT2D eigenvalue weighted by atomic mass is 10.0. The van der Waals surface area contributed by atoms with E-state index in [0.717, 1.165) is 13.8 Å². The summed E-state index contributed by atoms with van der Waals surface area (Å²) >= 11 is 0. The zero-order chi connectivity index (χ0) is 49.0. The summed E-state index contributed by atoms with van der Waals surface area (Å²) in [6, 6.07) is -14.6. The van der Waals surface area contributed by atoms with Crippen LogP contribution in [-0.2, 0) is 57.5 Å². The van der Waals surface area contributed by atoms with Crippen molar-refractivity contribution in [2.75, 3.05) is 0 Å². The minimum atomic E-state index is -2.04. The molecular formula is C35H57N9O19. The molecule has 8 amide bonds. The molecule has 0 saturated heterocycles. The third kappa shape index (κ3) is 20.7. The maximum Gasteiger partial charge on any atom is 0.326 e. The number of primary amides is 1. The third-order valence-corrected chi connectivity index (χ3v) is 8.79. The number of nitrogens with two attached hydrogens (primary N) is 2. The molecule has 0 rings (SSSR count). The highest BCUT2D eigenvalue weighted by atomic mass is 16.4. The predicted octanol–water partition coefficient (Wildman–Crippen LogP) is -7.33. The minimum Gasteiger partial charge on any atom is -0.481 e. The van der Waals surface area contributed by atoms with Crippen molar-refractivity contribution in [3.63, 3.8) is 0 Å². The van der Waals surface area contributed by atoms with Crippen LogP contribution in [-0.4, -0.2) is 174 Å². The Morgan fingerprint density at radius 1 is 0.429 bits per heavy atom. The first-order valence-corrected chi connectivity index (χ1v) is 19.1. The molecule has 0 aromatic heterocycles. The van der Waals surface area contributed by atoms with Crippen LogP contribution in [0.25, 0.3) is 0 Å². The quantitative estimate of drug-likeness (QED) is 0.0331. The summed E-state index contributed by atoms with van der Waals surface area (Å²) in [7, 11) is 0. The summed E-state index contributed by atoms with van der Waals surface area (Å²) in [5.41, 5.74) is 10.8. The van der Waals surface area contributed by atoms with E-state index in [4.69, 9.17) is 21.7 Å². The zero-order valence-corrected chi connectivity index (χ0v) is 34.9. The number of hydrogen-bond donors (Lipinski definition) is 16. The number of carboxylic acids is 4. The van der Waals surface area contributed by atoms with Gasteiger partial charge in [-0.2, -0.15) is 0 Å². The molecule has 0 unspecified atom stereocenters. The Balaban J connectivity index is 6.50. The topological polar surface area (TPSA) is 483 Å². The summed E-state index contributed by atoms with van der Waals surface area (Å²) in [6.45, 7) is 6.15. The smallest absolute Gasteiger partial charge is 0.326 e. The number of carbonyl (C=O) groups is 12. The molecule has 11 atom stereocenters. The Morgan fingerprint density at radius 3 is 1.13 bits per heavy atom. The standard InChI is InChI=1S/C35H57N9O19/c1-12(2)25(42-33(60)27(15(5)47)44-34(61)26(14(4)46)43-31(58)24(37)13(3)45)32(59)39-17(7-9-22(51)52)28(55)40-18(10-20(36)48)30(57)38-16(6-8-21(49)50)29(56)41-19(35(62)63)11-23(53)54/h12-19,24-27,45-47H,6-11,37H2,1-5H3,(H2,36,48)(H,38,57)(H,39,59)(H,40,55)(H,41,56)(H,42,60)(H,43,58)(H,44,61)(H,49,50)(H,51,52)(H,53,54)(H,62,63)/t13-,14-,15-,16+,17+,18+,19+,24+,25+,26+,27+/m1/s1. The summed E-state index contributed by atoms with van der Waals surface area (Å²) < 4.78 is 0. The van der Waals surface area contributed by atoms with Gasteiger partial charge < -0.3 is 84.4 Å². The molecule has 356 valence electrons. The van der Waals surface area contributed by atoms with Crippen LogP contribution in [0.5, 0.6) is 0 Å². The van der Waals surface area contributed by atoms with Crippen LogP contribution in [0.2, 0.25) is 0 Å². The molecule has 63 heavy (non-hydrogen) atoms. The Labute approximate surface area is 358 Å². The van der Waals surface area contributed by atoms with Crippen LogP contribution < -0.4 is 48.7 Å². The molecule has 0 radical (unpaired) electrons. The van der Waals surface area contributed by atoms with Gasteiger partial charge in [0, 0.05) is 12.8 Å². The lowest BCUT2D eigenvalue weighted by Gasteiger charge is -2.30. The number of aliphatic hydroxyl groups excluding tert-OH is 3. The van der Waals surface area contributed by atoms with E-state index >= 15 is 0 Å². The number of carbonyl (C=O) groups excluding carboxylic acids is 8. The minimum absolute atomic E-state index is 0.697. The van der Waals surface area contributed by atoms with Gasteiger partial charge >= 0.3 is 23.9 Å². The second kappa shape index (κ2) is 26.7. The van der Waals surface area contributed by atoms with Crippen molar-refractivity contribution in [3.05, 3.63) is 0 Å². The number of aliphatic hydroxyl groups is 3. The molecule has 28 nitrogen and oxygen atoms in total. The van der Waals surface area contributed by atoms with Crippen molar-refractivity contribution in [2.24, 2.45) is 17.4 Å². The number of carboxylic acid groups (broad SMARTS) is 4. The van der Waals surface area contributed by atoms with Gasteiger partial charge in [0.05, 0.1) is 31.2 Å². The Kier molecular flexibility index (Phi) is 24.0. The fraction of sp³-hybridized carbons (Fsp3) is 0.657. The first kappa shape index (κ1) is 56.5. The van der Waals surface area contributed by atoms with Crippen LogP contribution in [0.1, 0.15) is 73.1 Å². The molecule has 0 aliphatic heterocycles. The highest BCUT2D eigenvalue weighted by Gasteiger charge is 2.38. The normalized spacial score (nSPS) is 16.3. The number of nitrogens with one attached hydrogen (secondary N) is 7. The van der Waals surface area contributed by atoms with Gasteiger partial charge in [-0.1, -0.05) is 13.8 Å². The van der Waals surface area contributed by atoms with Crippen LogP contribution in [0.4, 0.5) is 0 Å². The van der Waals surface area contributed by atoms with Gasteiger partial charge in [0.1, 0.15) is 48.3 Å². The highest BCUT2D eigenvalue weighted by molar-refractivity contribution is 5.99. The lowest BCUT2D eigenvalue weighted by molar-refractivity contribution is -0.147. The SMILES string of the molecule is CC(C)[C@H](NC(=O)[C@@H](NC(=O)[C@@H](NC(=O)[C@@H](N)[C@@H](C)O)[C@@H](C)O)[C@@H](C)O)C(=O)N[C@@H](CCC(=O)O)C(=O)N[C@@H](CC(N)=O)C(=O)N[C@@H](CCC(=O)O)C(=O)N[C@@H](CC(=O)O)C(=O)O. The molecule has 0 aromatic rings. The number of hydrogen-bond acceptors (Lipinski definition) is 16. The summed E-state index contributed by atoms with van der Waals surface area (Å²) in [6.07, 6.45) is -9.86. The molecule has 0 aliphatic rings. The van der Waals surface area contributed by atoms with E-state index in [9.17, 15) is 83.1 Å². The van der Waals surface area contributed by atoms with Gasteiger partial charge in [0.25, 0.3) is 0 Å². The molecule has 0 heterocycles. The number of aliphatic carboxylic acids is 4. The summed E-state index contributed by atoms with van der Waals surface area (Å²) in [4.78, 5) is 150. The fourth-order valence-corrected chi connectivity index (χ4v) is 5.24. The van der Waals surface area contributed by atoms with Crippen molar-refractivity contribution in [1.29, 1.82) is 0 Å². The Hall–Kier alpha value is -6.52. The van der Waals surface area contributed by atoms with Crippen LogP contribution in [0.3, 0.4) is 0 Å². The van der Waals surface area contributed by atoms with Crippen molar-refractivity contribution in [2.45, 2.75) is 140 Å². The van der Waals surface area contributed by atoms with Crippen LogP contribution >= 0.6 is 0 Å². The van der Waals surface area contributed by atoms with Gasteiger partial charge in [-0.25, -0.2) is 4.79 Å². The van der Waals surface area contributed by atoms with Gasteiger partial charge in [-0.05, 0) is 39.5 Å². The van der Waals surface area contributed by atoms with Crippen molar-refractivity contribution in [1.82, 2.24) is 37.2 Å². The van der Waals surface area contributed by atoms with Gasteiger partial charge in [-0.3, -0.25) is 52.7 Å². The van der Waals surface area contributed by atoms with Crippen molar-refractivity contribution in [3.8, 4) is 0 Å². The number of amides is 8. The Morgan fingerprint density at radius 2 is 0.778 bits per heavy atom. The fourth-order valence-electron chi connectivity index (χ4n) is 5.24. The summed E-state index contributed by atoms with van der Waals surface area (Å²) in [5.74, 6) is -17.3. The molecule has 28 heteroatoms. The molecule has 18 N–H and O–H groups in total. The van der Waals surface area contributed by atoms with E-state index in [1.165, 1.54) is 20.8 Å². The van der Waals surface area contributed by atoms with Crippen LogP contribution in [0, 0.1) is 5.92 Å². The molecular weight excluding hydrogens is 850 g/mol. The van der Waals surface area contributed by atoms with E-state index in [1.54, 1.807) is 0 Å². The number of rotatable bonds is 29. The van der Waals surface area contributed by atoms with E-state index in [-0.39, 0.29) is 0 Å². The molecule has 0 saturated carbocycles. The predicted molar refractivity (Wildman–Crippen MR) is 209 cm³/mol.